The minimum Gasteiger partial charge on any atom is -0.444 e. The molecule has 1 unspecified atom stereocenters. The lowest BCUT2D eigenvalue weighted by Crippen LogP contribution is -2.39. The molecular formula is C13H25NO2. The van der Waals surface area contributed by atoms with Crippen molar-refractivity contribution in [1.29, 1.82) is 0 Å². The lowest BCUT2D eigenvalue weighted by molar-refractivity contribution is 0.0499. The van der Waals surface area contributed by atoms with E-state index in [1.54, 1.807) is 0 Å². The van der Waals surface area contributed by atoms with Crippen molar-refractivity contribution in [2.75, 3.05) is 0 Å². The number of carbonyl (C=O) groups is 1. The first-order valence-electron chi connectivity index (χ1n) is 5.99. The van der Waals surface area contributed by atoms with Crippen LogP contribution in [0.15, 0.2) is 12.7 Å². The zero-order chi connectivity index (χ0) is 12.6. The van der Waals surface area contributed by atoms with Crippen LogP contribution in [0.2, 0.25) is 0 Å². The van der Waals surface area contributed by atoms with Gasteiger partial charge in [0.1, 0.15) is 5.60 Å². The van der Waals surface area contributed by atoms with E-state index in [0.29, 0.717) is 0 Å². The fourth-order valence-corrected chi connectivity index (χ4v) is 1.43. The highest BCUT2D eigenvalue weighted by Crippen LogP contribution is 2.09. The molecular weight excluding hydrogens is 202 g/mol. The van der Waals surface area contributed by atoms with Crippen molar-refractivity contribution in [3.05, 3.63) is 12.7 Å². The van der Waals surface area contributed by atoms with Crippen LogP contribution in [0.4, 0.5) is 4.79 Å². The minimum absolute atomic E-state index is 0.192. The molecule has 0 radical (unpaired) electrons. The van der Waals surface area contributed by atoms with Gasteiger partial charge < -0.3 is 10.1 Å². The van der Waals surface area contributed by atoms with Gasteiger partial charge >= 0.3 is 6.09 Å². The molecule has 3 nitrogen and oxygen atoms in total. The number of hydrogen-bond donors (Lipinski definition) is 1. The summed E-state index contributed by atoms with van der Waals surface area (Å²) in [6.45, 7) is 11.4. The second kappa shape index (κ2) is 7.31. The summed E-state index contributed by atoms with van der Waals surface area (Å²) >= 11 is 0. The van der Waals surface area contributed by atoms with Crippen molar-refractivity contribution in [2.45, 2.75) is 65.0 Å². The molecule has 0 saturated carbocycles. The maximum atomic E-state index is 11.5. The average Bonchev–Trinajstić information content (AvgIpc) is 2.11. The molecule has 0 fully saturated rings. The molecule has 1 N–H and O–H groups in total. The summed E-state index contributed by atoms with van der Waals surface area (Å²) in [5, 5.41) is 2.90. The largest absolute Gasteiger partial charge is 0.444 e. The predicted molar refractivity (Wildman–Crippen MR) is 67.5 cm³/mol. The minimum atomic E-state index is -0.431. The number of amides is 1. The third-order valence-corrected chi connectivity index (χ3v) is 2.08. The van der Waals surface area contributed by atoms with E-state index in [4.69, 9.17) is 4.74 Å². The standard InChI is InChI=1S/C13H25NO2/c1-6-8-10-11(9-7-2)14-12(15)16-13(3,4)5/h6,11H,1,7-10H2,2-5H3,(H,14,15). The predicted octanol–water partition coefficient (Wildman–Crippen LogP) is 3.65. The maximum Gasteiger partial charge on any atom is 0.407 e. The van der Waals surface area contributed by atoms with Crippen LogP contribution >= 0.6 is 0 Å². The summed E-state index contributed by atoms with van der Waals surface area (Å²) in [5.41, 5.74) is -0.431. The summed E-state index contributed by atoms with van der Waals surface area (Å²) < 4.78 is 5.22. The Morgan fingerprint density at radius 2 is 2.06 bits per heavy atom. The van der Waals surface area contributed by atoms with Crippen LogP contribution in [-0.2, 0) is 4.74 Å². The topological polar surface area (TPSA) is 38.3 Å². The molecule has 0 aliphatic rings. The summed E-state index contributed by atoms with van der Waals surface area (Å²) in [6.07, 6.45) is 5.43. The highest BCUT2D eigenvalue weighted by atomic mass is 16.6. The van der Waals surface area contributed by atoms with Gasteiger partial charge in [-0.15, -0.1) is 6.58 Å². The number of allylic oxidation sites excluding steroid dienone is 1. The van der Waals surface area contributed by atoms with E-state index in [1.807, 2.05) is 26.8 Å². The second-order valence-electron chi connectivity index (χ2n) is 5.00. The van der Waals surface area contributed by atoms with E-state index in [0.717, 1.165) is 25.7 Å². The summed E-state index contributed by atoms with van der Waals surface area (Å²) in [7, 11) is 0. The van der Waals surface area contributed by atoms with Crippen molar-refractivity contribution >= 4 is 6.09 Å². The summed E-state index contributed by atoms with van der Waals surface area (Å²) in [5.74, 6) is 0. The summed E-state index contributed by atoms with van der Waals surface area (Å²) in [6, 6.07) is 0.192. The molecule has 0 aromatic carbocycles. The Hall–Kier alpha value is -0.990. The molecule has 1 atom stereocenters. The third kappa shape index (κ3) is 8.33. The van der Waals surface area contributed by atoms with Gasteiger partial charge in [0.25, 0.3) is 0 Å². The lowest BCUT2D eigenvalue weighted by Gasteiger charge is -2.23. The van der Waals surface area contributed by atoms with E-state index in [-0.39, 0.29) is 12.1 Å². The van der Waals surface area contributed by atoms with Crippen molar-refractivity contribution < 1.29 is 9.53 Å². The number of alkyl carbamates (subject to hydrolysis) is 1. The molecule has 94 valence electrons. The Kier molecular flexibility index (Phi) is 6.86. The van der Waals surface area contributed by atoms with Crippen LogP contribution in [0.3, 0.4) is 0 Å². The molecule has 3 heteroatoms. The Morgan fingerprint density at radius 1 is 1.44 bits per heavy atom. The molecule has 0 heterocycles. The highest BCUT2D eigenvalue weighted by molar-refractivity contribution is 5.68. The molecule has 0 rings (SSSR count). The van der Waals surface area contributed by atoms with E-state index in [2.05, 4.69) is 18.8 Å². The van der Waals surface area contributed by atoms with Crippen molar-refractivity contribution in [3.63, 3.8) is 0 Å². The molecule has 1 amide bonds. The Bertz CT molecular complexity index is 218. The Labute approximate surface area is 99.3 Å². The van der Waals surface area contributed by atoms with Gasteiger partial charge in [0.15, 0.2) is 0 Å². The number of carbonyl (C=O) groups excluding carboxylic acids is 1. The number of rotatable bonds is 6. The fraction of sp³-hybridized carbons (Fsp3) is 0.769. The fourth-order valence-electron chi connectivity index (χ4n) is 1.43. The van der Waals surface area contributed by atoms with Crippen LogP contribution in [0.5, 0.6) is 0 Å². The smallest absolute Gasteiger partial charge is 0.407 e. The van der Waals surface area contributed by atoms with Gasteiger partial charge in [0.2, 0.25) is 0 Å². The number of hydrogen-bond acceptors (Lipinski definition) is 2. The Balaban J connectivity index is 4.06. The number of ether oxygens (including phenoxy) is 1. The average molecular weight is 227 g/mol. The lowest BCUT2D eigenvalue weighted by atomic mass is 10.1. The molecule has 0 aliphatic carbocycles. The van der Waals surface area contributed by atoms with Crippen molar-refractivity contribution in [1.82, 2.24) is 5.32 Å². The van der Waals surface area contributed by atoms with Crippen molar-refractivity contribution in [3.8, 4) is 0 Å². The monoisotopic (exact) mass is 227 g/mol. The molecule has 0 saturated heterocycles. The first-order chi connectivity index (χ1) is 7.39. The normalized spacial score (nSPS) is 13.0. The van der Waals surface area contributed by atoms with Gasteiger partial charge in [0, 0.05) is 6.04 Å². The van der Waals surface area contributed by atoms with Crippen LogP contribution in [0, 0.1) is 0 Å². The van der Waals surface area contributed by atoms with E-state index in [1.165, 1.54) is 0 Å². The SMILES string of the molecule is C=CCCC(CCC)NC(=O)OC(C)(C)C. The molecule has 0 bridgehead atoms. The van der Waals surface area contributed by atoms with Gasteiger partial charge in [0.05, 0.1) is 0 Å². The first kappa shape index (κ1) is 15.0. The molecule has 16 heavy (non-hydrogen) atoms. The van der Waals surface area contributed by atoms with Crippen molar-refractivity contribution in [2.24, 2.45) is 0 Å². The van der Waals surface area contributed by atoms with Crippen LogP contribution < -0.4 is 5.32 Å². The molecule has 0 aromatic heterocycles. The zero-order valence-electron chi connectivity index (χ0n) is 11.0. The van der Waals surface area contributed by atoms with Crippen LogP contribution in [0.1, 0.15) is 53.4 Å². The number of nitrogens with one attached hydrogen (secondary N) is 1. The van der Waals surface area contributed by atoms with Crippen LogP contribution in [-0.4, -0.2) is 17.7 Å². The van der Waals surface area contributed by atoms with Gasteiger partial charge in [-0.05, 0) is 40.0 Å². The van der Waals surface area contributed by atoms with Gasteiger partial charge in [-0.1, -0.05) is 19.4 Å². The van der Waals surface area contributed by atoms with Crippen LogP contribution in [0.25, 0.3) is 0 Å². The van der Waals surface area contributed by atoms with E-state index < -0.39 is 5.60 Å². The summed E-state index contributed by atoms with van der Waals surface area (Å²) in [4.78, 5) is 11.5. The quantitative estimate of drug-likeness (QED) is 0.703. The maximum absolute atomic E-state index is 11.5. The zero-order valence-corrected chi connectivity index (χ0v) is 11.0. The first-order valence-corrected chi connectivity index (χ1v) is 5.99. The molecule has 0 aliphatic heterocycles. The highest BCUT2D eigenvalue weighted by Gasteiger charge is 2.18. The van der Waals surface area contributed by atoms with E-state index >= 15 is 0 Å². The third-order valence-electron chi connectivity index (χ3n) is 2.08. The van der Waals surface area contributed by atoms with Gasteiger partial charge in [-0.2, -0.15) is 0 Å². The molecule has 0 spiro atoms. The molecule has 0 aromatic rings. The Morgan fingerprint density at radius 3 is 2.50 bits per heavy atom. The van der Waals surface area contributed by atoms with E-state index in [9.17, 15) is 4.79 Å². The van der Waals surface area contributed by atoms with Gasteiger partial charge in [-0.3, -0.25) is 0 Å². The second-order valence-corrected chi connectivity index (χ2v) is 5.00. The van der Waals surface area contributed by atoms with Gasteiger partial charge in [-0.25, -0.2) is 4.79 Å².